The number of aryl methyl sites for hydroxylation is 2. The predicted molar refractivity (Wildman–Crippen MR) is 138 cm³/mol. The highest BCUT2D eigenvalue weighted by Crippen LogP contribution is 2.18. The Labute approximate surface area is 218 Å². The summed E-state index contributed by atoms with van der Waals surface area (Å²) in [6, 6.07) is 10.0. The van der Waals surface area contributed by atoms with Crippen LogP contribution in [-0.2, 0) is 31.8 Å². The summed E-state index contributed by atoms with van der Waals surface area (Å²) in [5.41, 5.74) is 3.19. The maximum Gasteiger partial charge on any atom is 0.337 e. The first kappa shape index (κ1) is 29.5. The summed E-state index contributed by atoms with van der Waals surface area (Å²) >= 11 is 0. The molecular weight excluding hydrogens is 476 g/mol. The molecule has 8 nitrogen and oxygen atoms in total. The minimum Gasteiger partial charge on any atom is -0.465 e. The van der Waals surface area contributed by atoms with Gasteiger partial charge in [0, 0.05) is 0 Å². The molecule has 8 heteroatoms. The van der Waals surface area contributed by atoms with E-state index in [-0.39, 0.29) is 0 Å². The molecule has 0 heterocycles. The molecule has 0 amide bonds. The smallest absolute Gasteiger partial charge is 0.337 e. The van der Waals surface area contributed by atoms with Crippen LogP contribution < -0.4 is 0 Å². The molecule has 0 atom stereocenters. The molecular formula is C29H36O8. The highest BCUT2D eigenvalue weighted by atomic mass is 16.5. The van der Waals surface area contributed by atoms with Gasteiger partial charge in [-0.15, -0.1) is 0 Å². The van der Waals surface area contributed by atoms with E-state index in [0.717, 1.165) is 68.9 Å². The summed E-state index contributed by atoms with van der Waals surface area (Å²) in [4.78, 5) is 47.7. The van der Waals surface area contributed by atoms with Crippen molar-refractivity contribution >= 4 is 23.9 Å². The molecule has 0 unspecified atom stereocenters. The van der Waals surface area contributed by atoms with Gasteiger partial charge in [-0.1, -0.05) is 32.1 Å². The first-order valence-corrected chi connectivity index (χ1v) is 12.4. The maximum atomic E-state index is 11.9. The number of carbonyl (C=O) groups excluding carboxylic acids is 4. The monoisotopic (exact) mass is 512 g/mol. The largest absolute Gasteiger partial charge is 0.465 e. The Morgan fingerprint density at radius 3 is 0.919 bits per heavy atom. The lowest BCUT2D eigenvalue weighted by Crippen LogP contribution is -2.08. The summed E-state index contributed by atoms with van der Waals surface area (Å²) in [6.45, 7) is 0. The van der Waals surface area contributed by atoms with Crippen molar-refractivity contribution in [3.63, 3.8) is 0 Å². The van der Waals surface area contributed by atoms with Crippen molar-refractivity contribution in [2.24, 2.45) is 0 Å². The van der Waals surface area contributed by atoms with Gasteiger partial charge in [-0.25, -0.2) is 19.2 Å². The molecule has 0 aliphatic rings. The van der Waals surface area contributed by atoms with Crippen molar-refractivity contribution in [2.45, 2.75) is 57.8 Å². The molecule has 2 aromatic rings. The predicted octanol–water partition coefficient (Wildman–Crippen LogP) is 5.35. The average molecular weight is 513 g/mol. The van der Waals surface area contributed by atoms with E-state index in [2.05, 4.69) is 0 Å². The number of ether oxygens (including phenoxy) is 4. The van der Waals surface area contributed by atoms with Crippen molar-refractivity contribution in [2.75, 3.05) is 28.4 Å². The van der Waals surface area contributed by atoms with Gasteiger partial charge in [0.1, 0.15) is 0 Å². The molecule has 0 aliphatic carbocycles. The van der Waals surface area contributed by atoms with Crippen LogP contribution >= 0.6 is 0 Å². The van der Waals surface area contributed by atoms with E-state index in [0.29, 0.717) is 22.3 Å². The van der Waals surface area contributed by atoms with Crippen molar-refractivity contribution in [3.05, 3.63) is 69.8 Å². The standard InChI is InChI=1S/C29H36O8/c1-34-26(30)22-14-20(15-23(18-22)27(31)35-2)12-10-8-6-5-7-9-11-13-21-16-24(28(32)36-3)19-25(17-21)29(33)37-4/h14-19H,5-13H2,1-4H3. The van der Waals surface area contributed by atoms with Crippen molar-refractivity contribution < 1.29 is 38.1 Å². The van der Waals surface area contributed by atoms with Gasteiger partial charge in [0.05, 0.1) is 50.7 Å². The minimum absolute atomic E-state index is 0.344. The molecule has 0 saturated carbocycles. The Morgan fingerprint density at radius 1 is 0.432 bits per heavy atom. The summed E-state index contributed by atoms with van der Waals surface area (Å²) in [7, 11) is 5.25. The SMILES string of the molecule is COC(=O)c1cc(CCCCCCCCCc2cc(C(=O)OC)cc(C(=O)OC)c2)cc(C(=O)OC)c1. The Bertz CT molecular complexity index is 935. The second-order valence-corrected chi connectivity index (χ2v) is 8.78. The quantitative estimate of drug-likeness (QED) is 0.190. The molecule has 0 fully saturated rings. The number of benzene rings is 2. The van der Waals surface area contributed by atoms with Gasteiger partial charge in [-0.2, -0.15) is 0 Å². The Kier molecular flexibility index (Phi) is 12.3. The summed E-state index contributed by atoms with van der Waals surface area (Å²) < 4.78 is 19.2. The van der Waals surface area contributed by atoms with Crippen LogP contribution in [0.1, 0.15) is 97.5 Å². The van der Waals surface area contributed by atoms with Crippen molar-refractivity contribution in [1.29, 1.82) is 0 Å². The number of esters is 4. The van der Waals surface area contributed by atoms with Crippen LogP contribution in [0.25, 0.3) is 0 Å². The van der Waals surface area contributed by atoms with Crippen LogP contribution in [-0.4, -0.2) is 52.3 Å². The summed E-state index contributed by atoms with van der Waals surface area (Å²) in [6.07, 6.45) is 8.77. The molecule has 0 saturated heterocycles. The Hall–Kier alpha value is -3.68. The minimum atomic E-state index is -0.481. The Morgan fingerprint density at radius 2 is 0.676 bits per heavy atom. The lowest BCUT2D eigenvalue weighted by molar-refractivity contribution is 0.0581. The van der Waals surface area contributed by atoms with Gasteiger partial charge in [-0.05, 0) is 73.2 Å². The fourth-order valence-corrected chi connectivity index (χ4v) is 4.16. The normalized spacial score (nSPS) is 10.5. The fourth-order valence-electron chi connectivity index (χ4n) is 4.16. The summed E-state index contributed by atoms with van der Waals surface area (Å²) in [5.74, 6) is -1.92. The lowest BCUT2D eigenvalue weighted by Gasteiger charge is -2.09. The van der Waals surface area contributed by atoms with Crippen molar-refractivity contribution in [3.8, 4) is 0 Å². The highest BCUT2D eigenvalue weighted by molar-refractivity contribution is 5.96. The van der Waals surface area contributed by atoms with Crippen molar-refractivity contribution in [1.82, 2.24) is 0 Å². The van der Waals surface area contributed by atoms with Gasteiger partial charge >= 0.3 is 23.9 Å². The first-order valence-electron chi connectivity index (χ1n) is 12.4. The van der Waals surface area contributed by atoms with E-state index in [1.54, 1.807) is 24.3 Å². The summed E-state index contributed by atoms with van der Waals surface area (Å²) in [5, 5.41) is 0. The number of hydrogen-bond acceptors (Lipinski definition) is 8. The molecule has 0 N–H and O–H groups in total. The van der Waals surface area contributed by atoms with E-state index in [9.17, 15) is 19.2 Å². The number of hydrogen-bond donors (Lipinski definition) is 0. The zero-order valence-electron chi connectivity index (χ0n) is 22.1. The topological polar surface area (TPSA) is 105 Å². The number of unbranched alkanes of at least 4 members (excludes halogenated alkanes) is 6. The third-order valence-electron chi connectivity index (χ3n) is 6.10. The third kappa shape index (κ3) is 9.37. The fraction of sp³-hybridized carbons (Fsp3) is 0.448. The molecule has 0 bridgehead atoms. The first-order chi connectivity index (χ1) is 17.8. The van der Waals surface area contributed by atoms with E-state index in [1.807, 2.05) is 0 Å². The van der Waals surface area contributed by atoms with Crippen LogP contribution in [0, 0.1) is 0 Å². The number of carbonyl (C=O) groups is 4. The third-order valence-corrected chi connectivity index (χ3v) is 6.10. The van der Waals surface area contributed by atoms with Gasteiger partial charge in [0.25, 0.3) is 0 Å². The average Bonchev–Trinajstić information content (AvgIpc) is 2.93. The molecule has 0 aromatic heterocycles. The number of methoxy groups -OCH3 is 4. The van der Waals surface area contributed by atoms with Crippen LogP contribution in [0.4, 0.5) is 0 Å². The van der Waals surface area contributed by atoms with Crippen LogP contribution in [0.15, 0.2) is 36.4 Å². The van der Waals surface area contributed by atoms with Gasteiger partial charge in [0.2, 0.25) is 0 Å². The maximum absolute atomic E-state index is 11.9. The molecule has 200 valence electrons. The van der Waals surface area contributed by atoms with E-state index in [1.165, 1.54) is 40.6 Å². The molecule has 0 radical (unpaired) electrons. The van der Waals surface area contributed by atoms with Crippen LogP contribution in [0.3, 0.4) is 0 Å². The molecule has 2 rings (SSSR count). The van der Waals surface area contributed by atoms with Gasteiger partial charge < -0.3 is 18.9 Å². The molecule has 0 aliphatic heterocycles. The molecule has 37 heavy (non-hydrogen) atoms. The zero-order valence-corrected chi connectivity index (χ0v) is 22.1. The van der Waals surface area contributed by atoms with E-state index in [4.69, 9.17) is 18.9 Å². The van der Waals surface area contributed by atoms with Crippen LogP contribution in [0.2, 0.25) is 0 Å². The lowest BCUT2D eigenvalue weighted by atomic mass is 9.99. The highest BCUT2D eigenvalue weighted by Gasteiger charge is 2.15. The second kappa shape index (κ2) is 15.4. The molecule has 2 aromatic carbocycles. The zero-order chi connectivity index (χ0) is 27.2. The van der Waals surface area contributed by atoms with Gasteiger partial charge in [0.15, 0.2) is 0 Å². The number of rotatable bonds is 14. The second-order valence-electron chi connectivity index (χ2n) is 8.78. The Balaban J connectivity index is 1.76. The van der Waals surface area contributed by atoms with E-state index >= 15 is 0 Å². The van der Waals surface area contributed by atoms with E-state index < -0.39 is 23.9 Å². The van der Waals surface area contributed by atoms with Crippen LogP contribution in [0.5, 0.6) is 0 Å². The van der Waals surface area contributed by atoms with Gasteiger partial charge in [-0.3, -0.25) is 0 Å². The molecule has 0 spiro atoms.